The lowest BCUT2D eigenvalue weighted by Crippen LogP contribution is -2.33. The summed E-state index contributed by atoms with van der Waals surface area (Å²) >= 11 is 2.05. The van der Waals surface area contributed by atoms with Crippen LogP contribution in [0.1, 0.15) is 43.7 Å². The molecule has 1 unspecified atom stereocenters. The summed E-state index contributed by atoms with van der Waals surface area (Å²) in [5.74, 6) is 2.19. The van der Waals surface area contributed by atoms with Gasteiger partial charge in [-0.15, -0.1) is 11.8 Å². The number of aryl methyl sites for hydroxylation is 2. The van der Waals surface area contributed by atoms with Gasteiger partial charge in [-0.05, 0) is 74.2 Å². The summed E-state index contributed by atoms with van der Waals surface area (Å²) < 4.78 is 0. The fourth-order valence-corrected chi connectivity index (χ4v) is 4.17. The SMILES string of the molecule is CCCNC(CSc1ccc2c(c1)CCC2)C1CC1. The van der Waals surface area contributed by atoms with Crippen molar-refractivity contribution in [2.24, 2.45) is 5.92 Å². The average Bonchev–Trinajstić information content (AvgIpc) is 3.16. The molecule has 1 atom stereocenters. The Morgan fingerprint density at radius 3 is 2.89 bits per heavy atom. The molecular weight excluding hydrogens is 250 g/mol. The zero-order chi connectivity index (χ0) is 13.1. The quantitative estimate of drug-likeness (QED) is 0.754. The molecule has 0 radical (unpaired) electrons. The van der Waals surface area contributed by atoms with Gasteiger partial charge in [0.05, 0.1) is 0 Å². The molecule has 2 heteroatoms. The smallest absolute Gasteiger partial charge is 0.0189 e. The zero-order valence-corrected chi connectivity index (χ0v) is 12.8. The maximum Gasteiger partial charge on any atom is 0.0189 e. The predicted octanol–water partition coefficient (Wildman–Crippen LogP) is 4.05. The monoisotopic (exact) mass is 275 g/mol. The zero-order valence-electron chi connectivity index (χ0n) is 12.0. The van der Waals surface area contributed by atoms with E-state index in [1.54, 1.807) is 11.1 Å². The van der Waals surface area contributed by atoms with E-state index >= 15 is 0 Å². The number of nitrogens with one attached hydrogen (secondary N) is 1. The number of hydrogen-bond donors (Lipinski definition) is 1. The lowest BCUT2D eigenvalue weighted by molar-refractivity contribution is 0.503. The molecule has 19 heavy (non-hydrogen) atoms. The minimum Gasteiger partial charge on any atom is -0.313 e. The molecule has 3 rings (SSSR count). The second-order valence-electron chi connectivity index (χ2n) is 5.99. The van der Waals surface area contributed by atoms with Crippen LogP contribution >= 0.6 is 11.8 Å². The molecule has 1 aromatic carbocycles. The first-order chi connectivity index (χ1) is 9.36. The lowest BCUT2D eigenvalue weighted by Gasteiger charge is -2.17. The first-order valence-electron chi connectivity index (χ1n) is 7.85. The van der Waals surface area contributed by atoms with Crippen molar-refractivity contribution in [3.63, 3.8) is 0 Å². The second-order valence-corrected chi connectivity index (χ2v) is 7.09. The molecule has 2 aliphatic carbocycles. The minimum absolute atomic E-state index is 0.734. The van der Waals surface area contributed by atoms with Crippen LogP contribution in [0.3, 0.4) is 0 Å². The molecule has 1 nitrogen and oxygen atoms in total. The van der Waals surface area contributed by atoms with Gasteiger partial charge < -0.3 is 5.32 Å². The number of fused-ring (bicyclic) bond motifs is 1. The van der Waals surface area contributed by atoms with E-state index in [2.05, 4.69) is 42.2 Å². The first kappa shape index (κ1) is 13.5. The Morgan fingerprint density at radius 1 is 1.26 bits per heavy atom. The van der Waals surface area contributed by atoms with Crippen LogP contribution in [-0.4, -0.2) is 18.3 Å². The largest absolute Gasteiger partial charge is 0.313 e. The summed E-state index contributed by atoms with van der Waals surface area (Å²) in [4.78, 5) is 1.48. The van der Waals surface area contributed by atoms with Crippen LogP contribution in [-0.2, 0) is 12.8 Å². The molecule has 0 aromatic heterocycles. The Hall–Kier alpha value is -0.470. The van der Waals surface area contributed by atoms with Gasteiger partial charge in [0.15, 0.2) is 0 Å². The van der Waals surface area contributed by atoms with Gasteiger partial charge in [0.2, 0.25) is 0 Å². The Kier molecular flexibility index (Phi) is 4.49. The van der Waals surface area contributed by atoms with Crippen molar-refractivity contribution in [3.8, 4) is 0 Å². The van der Waals surface area contributed by atoms with Crippen molar-refractivity contribution in [2.45, 2.75) is 56.4 Å². The van der Waals surface area contributed by atoms with Crippen LogP contribution in [0.15, 0.2) is 23.1 Å². The van der Waals surface area contributed by atoms with E-state index in [1.807, 2.05) is 0 Å². The Labute approximate surface area is 121 Å². The van der Waals surface area contributed by atoms with E-state index in [0.717, 1.165) is 12.0 Å². The molecule has 1 saturated carbocycles. The number of hydrogen-bond acceptors (Lipinski definition) is 2. The maximum absolute atomic E-state index is 3.73. The van der Waals surface area contributed by atoms with Crippen molar-refractivity contribution < 1.29 is 0 Å². The molecule has 0 spiro atoms. The summed E-state index contributed by atoms with van der Waals surface area (Å²) in [5.41, 5.74) is 3.20. The molecule has 1 N–H and O–H groups in total. The Morgan fingerprint density at radius 2 is 2.11 bits per heavy atom. The summed E-state index contributed by atoms with van der Waals surface area (Å²) in [6.07, 6.45) is 8.06. The van der Waals surface area contributed by atoms with Crippen molar-refractivity contribution in [1.29, 1.82) is 0 Å². The maximum atomic E-state index is 3.73. The third-order valence-corrected chi connectivity index (χ3v) is 5.46. The van der Waals surface area contributed by atoms with E-state index in [1.165, 1.54) is 55.7 Å². The third-order valence-electron chi connectivity index (χ3n) is 4.35. The highest BCUT2D eigenvalue weighted by Gasteiger charge is 2.30. The van der Waals surface area contributed by atoms with Crippen molar-refractivity contribution in [1.82, 2.24) is 5.32 Å². The lowest BCUT2D eigenvalue weighted by atomic mass is 10.1. The van der Waals surface area contributed by atoms with Gasteiger partial charge in [0.25, 0.3) is 0 Å². The third kappa shape index (κ3) is 3.55. The van der Waals surface area contributed by atoms with Crippen LogP contribution < -0.4 is 5.32 Å². The van der Waals surface area contributed by atoms with Crippen molar-refractivity contribution >= 4 is 11.8 Å². The van der Waals surface area contributed by atoms with E-state index in [4.69, 9.17) is 0 Å². The fourth-order valence-electron chi connectivity index (χ4n) is 3.01. The molecule has 1 aromatic rings. The number of thioether (sulfide) groups is 1. The van der Waals surface area contributed by atoms with Crippen LogP contribution in [0.2, 0.25) is 0 Å². The first-order valence-corrected chi connectivity index (χ1v) is 8.83. The fraction of sp³-hybridized carbons (Fsp3) is 0.647. The van der Waals surface area contributed by atoms with Gasteiger partial charge in [0, 0.05) is 16.7 Å². The van der Waals surface area contributed by atoms with E-state index in [-0.39, 0.29) is 0 Å². The van der Waals surface area contributed by atoms with Gasteiger partial charge in [-0.25, -0.2) is 0 Å². The van der Waals surface area contributed by atoms with Gasteiger partial charge in [-0.2, -0.15) is 0 Å². The van der Waals surface area contributed by atoms with Crippen LogP contribution in [0.4, 0.5) is 0 Å². The molecule has 104 valence electrons. The normalized spacial score (nSPS) is 19.4. The molecule has 0 heterocycles. The molecule has 2 aliphatic rings. The molecule has 0 amide bonds. The van der Waals surface area contributed by atoms with Gasteiger partial charge in [-0.1, -0.05) is 13.0 Å². The Balaban J connectivity index is 1.55. The van der Waals surface area contributed by atoms with Crippen molar-refractivity contribution in [3.05, 3.63) is 29.3 Å². The highest BCUT2D eigenvalue weighted by Crippen LogP contribution is 2.36. The van der Waals surface area contributed by atoms with Gasteiger partial charge >= 0.3 is 0 Å². The van der Waals surface area contributed by atoms with Crippen LogP contribution in [0, 0.1) is 5.92 Å². The minimum atomic E-state index is 0.734. The molecule has 0 bridgehead atoms. The highest BCUT2D eigenvalue weighted by molar-refractivity contribution is 7.99. The van der Waals surface area contributed by atoms with Crippen LogP contribution in [0.5, 0.6) is 0 Å². The summed E-state index contributed by atoms with van der Waals surface area (Å²) in [7, 11) is 0. The van der Waals surface area contributed by atoms with Gasteiger partial charge in [0.1, 0.15) is 0 Å². The molecular formula is C17H25NS. The van der Waals surface area contributed by atoms with Crippen molar-refractivity contribution in [2.75, 3.05) is 12.3 Å². The standard InChI is InChI=1S/C17H25NS/c1-2-10-18-17(14-6-7-14)12-19-16-9-8-13-4-3-5-15(13)11-16/h8-9,11,14,17-18H,2-7,10,12H2,1H3. The number of rotatable bonds is 7. The van der Waals surface area contributed by atoms with E-state index < -0.39 is 0 Å². The summed E-state index contributed by atoms with van der Waals surface area (Å²) in [6.45, 7) is 3.43. The number of benzene rings is 1. The summed E-state index contributed by atoms with van der Waals surface area (Å²) in [5, 5.41) is 3.73. The van der Waals surface area contributed by atoms with E-state index in [9.17, 15) is 0 Å². The molecule has 0 aliphatic heterocycles. The second kappa shape index (κ2) is 6.32. The van der Waals surface area contributed by atoms with E-state index in [0.29, 0.717) is 0 Å². The average molecular weight is 275 g/mol. The van der Waals surface area contributed by atoms with Gasteiger partial charge in [-0.3, -0.25) is 0 Å². The highest BCUT2D eigenvalue weighted by atomic mass is 32.2. The molecule has 0 saturated heterocycles. The molecule has 1 fully saturated rings. The van der Waals surface area contributed by atoms with Crippen LogP contribution in [0.25, 0.3) is 0 Å². The topological polar surface area (TPSA) is 12.0 Å². The Bertz CT molecular complexity index is 425. The predicted molar refractivity (Wildman–Crippen MR) is 84.0 cm³/mol. The summed E-state index contributed by atoms with van der Waals surface area (Å²) in [6, 6.07) is 7.87.